The lowest BCUT2D eigenvalue weighted by atomic mass is 10.2. The van der Waals surface area contributed by atoms with E-state index >= 15 is 0 Å². The molecule has 2 rings (SSSR count). The van der Waals surface area contributed by atoms with E-state index in [1.807, 2.05) is 13.8 Å². The molecule has 0 heterocycles. The van der Waals surface area contributed by atoms with Crippen LogP contribution < -0.4 is 0 Å². The largest absolute Gasteiger partial charge is 0.230 e. The van der Waals surface area contributed by atoms with Crippen molar-refractivity contribution in [1.29, 1.82) is 0 Å². The fourth-order valence-corrected chi connectivity index (χ4v) is 7.84. The zero-order valence-corrected chi connectivity index (χ0v) is 22.1. The van der Waals surface area contributed by atoms with Gasteiger partial charge in [-0.25, -0.2) is 25.6 Å². The molecular weight excluding hydrogens is 494 g/mol. The van der Waals surface area contributed by atoms with Crippen LogP contribution in [0.1, 0.15) is 63.5 Å². The number of sulfonamides is 2. The first-order valence-corrected chi connectivity index (χ1v) is 15.2. The van der Waals surface area contributed by atoms with E-state index in [-0.39, 0.29) is 26.2 Å². The monoisotopic (exact) mass is 530 g/mol. The van der Waals surface area contributed by atoms with E-state index in [0.717, 1.165) is 25.7 Å². The van der Waals surface area contributed by atoms with E-state index in [4.69, 9.17) is 0 Å². The molecular formula is C25H36F2N2O4S2. The first-order chi connectivity index (χ1) is 16.6. The van der Waals surface area contributed by atoms with Crippen molar-refractivity contribution in [2.24, 2.45) is 0 Å². The summed E-state index contributed by atoms with van der Waals surface area (Å²) in [4.78, 5) is 0. The summed E-state index contributed by atoms with van der Waals surface area (Å²) in [5, 5.41) is -1.05. The van der Waals surface area contributed by atoms with E-state index in [9.17, 15) is 25.6 Å². The number of hydrogen-bond acceptors (Lipinski definition) is 4. The van der Waals surface area contributed by atoms with Gasteiger partial charge in [-0.15, -0.1) is 0 Å². The maximum absolute atomic E-state index is 13.3. The maximum Gasteiger partial charge on any atom is 0.230 e. The fourth-order valence-electron chi connectivity index (χ4n) is 3.63. The van der Waals surface area contributed by atoms with Crippen molar-refractivity contribution < 1.29 is 25.6 Å². The van der Waals surface area contributed by atoms with Gasteiger partial charge in [-0.05, 0) is 48.2 Å². The molecule has 0 saturated heterocycles. The quantitative estimate of drug-likeness (QED) is 0.277. The highest BCUT2D eigenvalue weighted by Crippen LogP contribution is 2.19. The SMILES string of the molecule is CCCCCN(Cc1ccc(F)cc1)S(=O)(=O)CS(=O)(=O)N(CCCCC)Cc1ccc(F)cc1. The Morgan fingerprint density at radius 2 is 0.943 bits per heavy atom. The predicted molar refractivity (Wildman–Crippen MR) is 135 cm³/mol. The van der Waals surface area contributed by atoms with Gasteiger partial charge in [0.1, 0.15) is 11.6 Å². The smallest absolute Gasteiger partial charge is 0.211 e. The van der Waals surface area contributed by atoms with Gasteiger partial charge < -0.3 is 0 Å². The molecule has 35 heavy (non-hydrogen) atoms. The summed E-state index contributed by atoms with van der Waals surface area (Å²) < 4.78 is 82.3. The Hall–Kier alpha value is -1.88. The third-order valence-corrected chi connectivity index (χ3v) is 10.2. The first-order valence-electron chi connectivity index (χ1n) is 12.0. The number of benzene rings is 2. The van der Waals surface area contributed by atoms with Crippen LogP contribution in [0.3, 0.4) is 0 Å². The molecule has 0 aliphatic heterocycles. The number of hydrogen-bond donors (Lipinski definition) is 0. The molecule has 10 heteroatoms. The number of rotatable bonds is 16. The molecule has 0 amide bonds. The van der Waals surface area contributed by atoms with Crippen molar-refractivity contribution >= 4 is 20.0 Å². The van der Waals surface area contributed by atoms with Gasteiger partial charge in [-0.2, -0.15) is 8.61 Å². The van der Waals surface area contributed by atoms with Gasteiger partial charge in [0.05, 0.1) is 0 Å². The van der Waals surface area contributed by atoms with E-state index in [1.54, 1.807) is 0 Å². The number of nitrogens with zero attached hydrogens (tertiary/aromatic N) is 2. The Kier molecular flexibility index (Phi) is 11.7. The Morgan fingerprint density at radius 1 is 0.600 bits per heavy atom. The van der Waals surface area contributed by atoms with Crippen molar-refractivity contribution in [3.63, 3.8) is 0 Å². The molecule has 0 atom stereocenters. The zero-order valence-electron chi connectivity index (χ0n) is 20.5. The molecule has 0 aromatic heterocycles. The van der Waals surface area contributed by atoms with E-state index in [2.05, 4.69) is 0 Å². The lowest BCUT2D eigenvalue weighted by Gasteiger charge is -2.26. The van der Waals surface area contributed by atoms with Crippen LogP contribution in [0.4, 0.5) is 8.78 Å². The molecule has 0 N–H and O–H groups in total. The molecule has 0 spiro atoms. The van der Waals surface area contributed by atoms with Crippen LogP contribution >= 0.6 is 0 Å². The van der Waals surface area contributed by atoms with E-state index < -0.39 is 36.8 Å². The summed E-state index contributed by atoms with van der Waals surface area (Å²) in [5.41, 5.74) is 1.16. The second kappa shape index (κ2) is 14.0. The standard InChI is InChI=1S/C25H36F2N2O4S2/c1-3-5-7-17-28(19-22-9-13-24(26)14-10-22)34(30,31)21-35(32,33)29(18-8-6-4-2)20-23-11-15-25(27)16-12-23/h9-16H,3-8,17-21H2,1-2H3. The third kappa shape index (κ3) is 9.95. The molecule has 0 fully saturated rings. The highest BCUT2D eigenvalue weighted by molar-refractivity contribution is 8.05. The van der Waals surface area contributed by atoms with Gasteiger partial charge in [0.15, 0.2) is 5.08 Å². The van der Waals surface area contributed by atoms with Gasteiger partial charge in [0.2, 0.25) is 20.0 Å². The van der Waals surface area contributed by atoms with Crippen molar-refractivity contribution in [2.75, 3.05) is 18.2 Å². The van der Waals surface area contributed by atoms with E-state index in [1.165, 1.54) is 57.1 Å². The molecule has 2 aromatic rings. The van der Waals surface area contributed by atoms with Gasteiger partial charge in [-0.3, -0.25) is 0 Å². The molecule has 0 unspecified atom stereocenters. The summed E-state index contributed by atoms with van der Waals surface area (Å²) >= 11 is 0. The topological polar surface area (TPSA) is 74.8 Å². The molecule has 0 radical (unpaired) electrons. The van der Waals surface area contributed by atoms with Crippen LogP contribution in [-0.4, -0.2) is 43.6 Å². The zero-order chi connectivity index (χ0) is 25.9. The summed E-state index contributed by atoms with van der Waals surface area (Å²) in [6.07, 6.45) is 4.54. The summed E-state index contributed by atoms with van der Waals surface area (Å²) in [6.45, 7) is 4.28. The molecule has 196 valence electrons. The molecule has 0 saturated carbocycles. The van der Waals surface area contributed by atoms with Crippen molar-refractivity contribution in [3.05, 3.63) is 71.3 Å². The molecule has 0 bridgehead atoms. The van der Waals surface area contributed by atoms with Gasteiger partial charge in [0, 0.05) is 26.2 Å². The highest BCUT2D eigenvalue weighted by atomic mass is 32.3. The highest BCUT2D eigenvalue weighted by Gasteiger charge is 2.33. The predicted octanol–water partition coefficient (Wildman–Crippen LogP) is 5.27. The van der Waals surface area contributed by atoms with Gasteiger partial charge in [0.25, 0.3) is 0 Å². The Bertz CT molecular complexity index is 1020. The minimum absolute atomic E-state index is 0.0321. The second-order valence-electron chi connectivity index (χ2n) is 8.68. The molecule has 2 aromatic carbocycles. The van der Waals surface area contributed by atoms with Crippen molar-refractivity contribution in [2.45, 2.75) is 65.5 Å². The van der Waals surface area contributed by atoms with Crippen LogP contribution in [0.5, 0.6) is 0 Å². The number of halogens is 2. The summed E-state index contributed by atoms with van der Waals surface area (Å²) in [5.74, 6) is -0.861. The summed E-state index contributed by atoms with van der Waals surface area (Å²) in [6, 6.07) is 11.0. The average Bonchev–Trinajstić information content (AvgIpc) is 2.80. The van der Waals surface area contributed by atoms with Crippen molar-refractivity contribution in [1.82, 2.24) is 8.61 Å². The van der Waals surface area contributed by atoms with Crippen LogP contribution in [0, 0.1) is 11.6 Å². The summed E-state index contributed by atoms with van der Waals surface area (Å²) in [7, 11) is -8.39. The third-order valence-electron chi connectivity index (χ3n) is 5.65. The van der Waals surface area contributed by atoms with Gasteiger partial charge in [-0.1, -0.05) is 63.8 Å². The number of unbranched alkanes of at least 4 members (excludes halogenated alkanes) is 4. The fraction of sp³-hybridized carbons (Fsp3) is 0.520. The van der Waals surface area contributed by atoms with Crippen LogP contribution in [-0.2, 0) is 33.1 Å². The molecule has 0 aliphatic rings. The van der Waals surface area contributed by atoms with Gasteiger partial charge >= 0.3 is 0 Å². The van der Waals surface area contributed by atoms with Crippen LogP contribution in [0.25, 0.3) is 0 Å². The van der Waals surface area contributed by atoms with Crippen LogP contribution in [0.15, 0.2) is 48.5 Å². The minimum atomic E-state index is -4.19. The lowest BCUT2D eigenvalue weighted by molar-refractivity contribution is 0.386. The molecule has 0 aliphatic carbocycles. The van der Waals surface area contributed by atoms with Crippen LogP contribution in [0.2, 0.25) is 0 Å². The first kappa shape index (κ1) is 29.4. The Morgan fingerprint density at radius 3 is 1.26 bits per heavy atom. The van der Waals surface area contributed by atoms with Crippen molar-refractivity contribution in [3.8, 4) is 0 Å². The second-order valence-corrected chi connectivity index (χ2v) is 13.0. The lowest BCUT2D eigenvalue weighted by Crippen LogP contribution is -2.41. The Balaban J connectivity index is 2.27. The maximum atomic E-state index is 13.3. The minimum Gasteiger partial charge on any atom is -0.211 e. The average molecular weight is 531 g/mol. The Labute approximate surface area is 209 Å². The molecule has 6 nitrogen and oxygen atoms in total. The normalized spacial score (nSPS) is 12.5. The van der Waals surface area contributed by atoms with E-state index in [0.29, 0.717) is 24.0 Å².